The van der Waals surface area contributed by atoms with Gasteiger partial charge in [0.05, 0.1) is 0 Å². The van der Waals surface area contributed by atoms with Gasteiger partial charge in [-0.15, -0.1) is 0 Å². The van der Waals surface area contributed by atoms with Crippen molar-refractivity contribution in [1.82, 2.24) is 0 Å². The maximum absolute atomic E-state index is 13.7. The van der Waals surface area contributed by atoms with Gasteiger partial charge < -0.3 is 54.4 Å². The van der Waals surface area contributed by atoms with Crippen LogP contribution in [0.2, 0.25) is 157 Å². The van der Waals surface area contributed by atoms with Gasteiger partial charge in [0.15, 0.2) is 79.1 Å². The van der Waals surface area contributed by atoms with Gasteiger partial charge in [-0.2, -0.15) is 0 Å². The van der Waals surface area contributed by atoms with E-state index >= 15 is 0 Å². The number of ether oxygens (including phenoxy) is 4. The van der Waals surface area contributed by atoms with Crippen molar-refractivity contribution < 1.29 is 59.2 Å². The van der Waals surface area contributed by atoms with Crippen molar-refractivity contribution in [2.75, 3.05) is 13.2 Å². The standard InChI is InChI=1S/C37H86O13Si8/c1-51(2,3)43-29-27(41-35(49-57(19,20)21)33(47-55(13,14)15)31(29)45-53(7,8)9)25-39-37(38)40-26-28-30(44-52(4,5)6)32(46-54(10,11)12)34(48-56(16,17)18)36(42-28)50-58(22,23)24/h27-36H,25-26H2,1-24H3/t27-,28-,29-,30-,31+,32+,33-,34-,35?,36?/m1/s1. The Morgan fingerprint density at radius 2 is 0.534 bits per heavy atom. The number of hydrogen-bond donors (Lipinski definition) is 0. The van der Waals surface area contributed by atoms with E-state index in [2.05, 4.69) is 157 Å². The quantitative estimate of drug-likeness (QED) is 0.0850. The average Bonchev–Trinajstić information content (AvgIpc) is 2.92. The molecule has 0 saturated carbocycles. The molecule has 2 heterocycles. The molecule has 2 aliphatic heterocycles. The van der Waals surface area contributed by atoms with E-state index in [1.54, 1.807) is 0 Å². The first kappa shape index (κ1) is 54.7. The fourth-order valence-corrected chi connectivity index (χ4v) is 14.8. The van der Waals surface area contributed by atoms with Crippen molar-refractivity contribution in [1.29, 1.82) is 0 Å². The topological polar surface area (TPSA) is 128 Å². The molecular formula is C37H86O13Si8. The molecule has 2 fully saturated rings. The van der Waals surface area contributed by atoms with E-state index in [-0.39, 0.29) is 13.2 Å². The van der Waals surface area contributed by atoms with Gasteiger partial charge in [-0.3, -0.25) is 0 Å². The van der Waals surface area contributed by atoms with Gasteiger partial charge in [-0.1, -0.05) is 0 Å². The van der Waals surface area contributed by atoms with Crippen LogP contribution in [0.15, 0.2) is 0 Å². The van der Waals surface area contributed by atoms with Gasteiger partial charge in [0.25, 0.3) is 0 Å². The Bertz CT molecular complexity index is 1200. The highest BCUT2D eigenvalue weighted by atomic mass is 28.4. The zero-order valence-corrected chi connectivity index (χ0v) is 49.0. The van der Waals surface area contributed by atoms with Crippen LogP contribution in [-0.4, -0.2) is 147 Å². The third-order valence-corrected chi connectivity index (χ3v) is 15.5. The molecule has 10 atom stereocenters. The maximum Gasteiger partial charge on any atom is 0.508 e. The third-order valence-electron chi connectivity index (χ3n) is 7.79. The van der Waals surface area contributed by atoms with Crippen LogP contribution in [0.3, 0.4) is 0 Å². The zero-order chi connectivity index (χ0) is 45.3. The summed E-state index contributed by atoms with van der Waals surface area (Å²) in [6.07, 6.45) is -6.95. The van der Waals surface area contributed by atoms with Gasteiger partial charge in [0.2, 0.25) is 0 Å². The Balaban J connectivity index is 2.51. The normalized spacial score (nSPS) is 30.0. The highest BCUT2D eigenvalue weighted by Gasteiger charge is 2.55. The predicted octanol–water partition coefficient (Wildman–Crippen LogP) is 9.61. The molecule has 2 rings (SSSR count). The van der Waals surface area contributed by atoms with Crippen LogP contribution in [0, 0.1) is 0 Å². The average molecular weight is 964 g/mol. The van der Waals surface area contributed by atoms with E-state index < -0.39 is 134 Å². The second-order valence-corrected chi connectivity index (χ2v) is 59.3. The first-order valence-corrected chi connectivity index (χ1v) is 48.4. The van der Waals surface area contributed by atoms with Crippen molar-refractivity contribution in [3.05, 3.63) is 0 Å². The van der Waals surface area contributed by atoms with Gasteiger partial charge in [-0.25, -0.2) is 4.79 Å². The molecule has 344 valence electrons. The van der Waals surface area contributed by atoms with Crippen molar-refractivity contribution in [3.63, 3.8) is 0 Å². The fourth-order valence-electron chi connectivity index (χ4n) is 6.51. The summed E-state index contributed by atoms with van der Waals surface area (Å²) in [5.74, 6) is 0. The smallest absolute Gasteiger partial charge is 0.431 e. The summed E-state index contributed by atoms with van der Waals surface area (Å²) in [4.78, 5) is 13.7. The second kappa shape index (κ2) is 20.2. The lowest BCUT2D eigenvalue weighted by Gasteiger charge is -2.51. The summed E-state index contributed by atoms with van der Waals surface area (Å²) < 4.78 is 80.0. The van der Waals surface area contributed by atoms with Gasteiger partial charge in [0, 0.05) is 0 Å². The van der Waals surface area contributed by atoms with E-state index in [0.717, 1.165) is 0 Å². The molecule has 58 heavy (non-hydrogen) atoms. The molecule has 2 unspecified atom stereocenters. The molecule has 0 amide bonds. The minimum Gasteiger partial charge on any atom is -0.431 e. The molecule has 0 aromatic carbocycles. The lowest BCUT2D eigenvalue weighted by atomic mass is 9.99. The highest BCUT2D eigenvalue weighted by Crippen LogP contribution is 2.37. The summed E-state index contributed by atoms with van der Waals surface area (Å²) in [6.45, 7) is 51.0. The lowest BCUT2D eigenvalue weighted by molar-refractivity contribution is -0.273. The monoisotopic (exact) mass is 962 g/mol. The Morgan fingerprint density at radius 3 is 0.759 bits per heavy atom. The maximum atomic E-state index is 13.7. The zero-order valence-electron chi connectivity index (χ0n) is 41.0. The van der Waals surface area contributed by atoms with Crippen LogP contribution < -0.4 is 0 Å². The summed E-state index contributed by atoms with van der Waals surface area (Å²) in [6, 6.07) is 0. The van der Waals surface area contributed by atoms with Gasteiger partial charge in [0.1, 0.15) is 62.0 Å². The van der Waals surface area contributed by atoms with Crippen LogP contribution in [0.5, 0.6) is 0 Å². The molecule has 0 aliphatic carbocycles. The Hall–Kier alpha value is 0.605. The Morgan fingerprint density at radius 1 is 0.328 bits per heavy atom. The summed E-state index contributed by atoms with van der Waals surface area (Å²) in [7, 11) is -17.3. The van der Waals surface area contributed by atoms with Crippen LogP contribution in [0.4, 0.5) is 4.79 Å². The number of rotatable bonds is 20. The molecule has 0 bridgehead atoms. The third kappa shape index (κ3) is 21.3. The Kier molecular flexibility index (Phi) is 19.1. The minimum atomic E-state index is -2.20. The van der Waals surface area contributed by atoms with Crippen molar-refractivity contribution in [3.8, 4) is 0 Å². The fraction of sp³-hybridized carbons (Fsp3) is 0.973. The molecule has 13 nitrogen and oxygen atoms in total. The van der Waals surface area contributed by atoms with Gasteiger partial charge in [-0.05, 0) is 157 Å². The number of carbonyl (C=O) groups is 1. The number of carbonyl (C=O) groups excluding carboxylic acids is 1. The van der Waals surface area contributed by atoms with E-state index in [9.17, 15) is 4.79 Å². The van der Waals surface area contributed by atoms with Crippen molar-refractivity contribution >= 4 is 72.7 Å². The number of hydrogen-bond acceptors (Lipinski definition) is 13. The molecule has 0 aromatic rings. The van der Waals surface area contributed by atoms with E-state index in [1.165, 1.54) is 0 Å². The molecule has 2 aliphatic rings. The SMILES string of the molecule is C[Si](C)(C)OC1O[C@H](COC(=O)OC[C@H]2OC(O[Si](C)(C)C)[C@H](O[Si](C)(C)C)[C@@H](O[Si](C)(C)C)[C@@H]2O[Si](C)(C)C)[C@@H](O[Si](C)(C)C)[C@H](O[Si](C)(C)C)[C@H]1O[Si](C)(C)C. The van der Waals surface area contributed by atoms with Crippen LogP contribution in [0.1, 0.15) is 0 Å². The highest BCUT2D eigenvalue weighted by molar-refractivity contribution is 6.72. The summed E-state index contributed by atoms with van der Waals surface area (Å²) >= 11 is 0. The van der Waals surface area contributed by atoms with Crippen molar-refractivity contribution in [2.24, 2.45) is 0 Å². The molecule has 0 aromatic heterocycles. The van der Waals surface area contributed by atoms with E-state index in [0.29, 0.717) is 0 Å². The molecule has 21 heteroatoms. The van der Waals surface area contributed by atoms with Crippen molar-refractivity contribution in [2.45, 2.75) is 219 Å². The molecule has 2 saturated heterocycles. The molecule has 0 N–H and O–H groups in total. The molecule has 0 spiro atoms. The first-order valence-electron chi connectivity index (χ1n) is 21.1. The van der Waals surface area contributed by atoms with Crippen LogP contribution in [0.25, 0.3) is 0 Å². The molecule has 0 radical (unpaired) electrons. The van der Waals surface area contributed by atoms with Gasteiger partial charge >= 0.3 is 6.16 Å². The van der Waals surface area contributed by atoms with Crippen LogP contribution in [-0.2, 0) is 54.4 Å². The molecular weight excluding hydrogens is 877 g/mol. The predicted molar refractivity (Wildman–Crippen MR) is 253 cm³/mol. The first-order chi connectivity index (χ1) is 25.6. The van der Waals surface area contributed by atoms with E-state index in [1.807, 2.05) is 0 Å². The Labute approximate surface area is 361 Å². The largest absolute Gasteiger partial charge is 0.508 e. The minimum absolute atomic E-state index is 0.139. The second-order valence-electron chi connectivity index (χ2n) is 23.6. The van der Waals surface area contributed by atoms with E-state index in [4.69, 9.17) is 54.4 Å². The van der Waals surface area contributed by atoms with Crippen LogP contribution >= 0.6 is 0 Å². The summed E-state index contributed by atoms with van der Waals surface area (Å²) in [5, 5.41) is 0. The lowest BCUT2D eigenvalue weighted by Crippen LogP contribution is -2.67. The summed E-state index contributed by atoms with van der Waals surface area (Å²) in [5.41, 5.74) is 0.